The monoisotopic (exact) mass is 268 g/mol. The van der Waals surface area contributed by atoms with E-state index in [9.17, 15) is 5.11 Å². The number of hydrogen-bond acceptors (Lipinski definition) is 6. The van der Waals surface area contributed by atoms with Gasteiger partial charge in [0.05, 0.1) is 0 Å². The topological polar surface area (TPSA) is 99.6 Å². The van der Waals surface area contributed by atoms with Crippen LogP contribution in [0, 0.1) is 0 Å². The van der Waals surface area contributed by atoms with Crippen molar-refractivity contribution in [2.45, 2.75) is 6.42 Å². The average Bonchev–Trinajstić information content (AvgIpc) is 2.92. The second kappa shape index (κ2) is 5.35. The van der Waals surface area contributed by atoms with Gasteiger partial charge in [-0.2, -0.15) is 5.21 Å². The van der Waals surface area contributed by atoms with E-state index in [0.717, 1.165) is 11.3 Å². The maximum Gasteiger partial charge on any atom is 0.178 e. The first-order valence-corrected chi connectivity index (χ1v) is 6.03. The van der Waals surface area contributed by atoms with Gasteiger partial charge in [-0.1, -0.05) is 17.3 Å². The number of H-pyrrole nitrogens is 1. The summed E-state index contributed by atoms with van der Waals surface area (Å²) < 4.78 is 0. The van der Waals surface area contributed by atoms with Crippen molar-refractivity contribution in [3.63, 3.8) is 0 Å². The Bertz CT molecular complexity index is 698. The molecule has 0 amide bonds. The van der Waals surface area contributed by atoms with Gasteiger partial charge in [-0.05, 0) is 23.8 Å². The lowest BCUT2D eigenvalue weighted by Gasteiger charge is -2.07. The zero-order chi connectivity index (χ0) is 13.8. The zero-order valence-electron chi connectivity index (χ0n) is 10.5. The van der Waals surface area contributed by atoms with Gasteiger partial charge < -0.3 is 10.4 Å². The van der Waals surface area contributed by atoms with E-state index in [0.29, 0.717) is 18.1 Å². The summed E-state index contributed by atoms with van der Waals surface area (Å²) in [6.07, 6.45) is 2.14. The molecule has 100 valence electrons. The SMILES string of the molecule is Oc1ccnc(Nc2cccc(Cc3nn[nH]n3)c2)c1. The summed E-state index contributed by atoms with van der Waals surface area (Å²) in [6, 6.07) is 10.9. The number of nitrogens with zero attached hydrogens (tertiary/aromatic N) is 4. The number of rotatable bonds is 4. The molecule has 0 fully saturated rings. The van der Waals surface area contributed by atoms with Crippen LogP contribution in [0.15, 0.2) is 42.6 Å². The van der Waals surface area contributed by atoms with Crippen LogP contribution in [-0.2, 0) is 6.42 Å². The molecule has 0 saturated heterocycles. The maximum atomic E-state index is 9.41. The van der Waals surface area contributed by atoms with Gasteiger partial charge >= 0.3 is 0 Å². The first-order chi connectivity index (χ1) is 9.79. The maximum absolute atomic E-state index is 9.41. The molecule has 3 N–H and O–H groups in total. The standard InChI is InChI=1S/C13H12N6O/c20-11-4-5-14-12(8-11)15-10-3-1-2-9(6-10)7-13-16-18-19-17-13/h1-6,8H,7H2,(H2,14,15,20)(H,16,17,18,19). The number of nitrogens with one attached hydrogen (secondary N) is 2. The van der Waals surface area contributed by atoms with Gasteiger partial charge in [-0.3, -0.25) is 0 Å². The van der Waals surface area contributed by atoms with Crippen molar-refractivity contribution < 1.29 is 5.11 Å². The second-order valence-corrected chi connectivity index (χ2v) is 4.23. The summed E-state index contributed by atoms with van der Waals surface area (Å²) >= 11 is 0. The number of anilines is 2. The highest BCUT2D eigenvalue weighted by molar-refractivity contribution is 5.58. The minimum absolute atomic E-state index is 0.172. The van der Waals surface area contributed by atoms with Crippen molar-refractivity contribution in [2.24, 2.45) is 0 Å². The van der Waals surface area contributed by atoms with Crippen molar-refractivity contribution in [1.29, 1.82) is 0 Å². The average molecular weight is 268 g/mol. The summed E-state index contributed by atoms with van der Waals surface area (Å²) in [5.74, 6) is 1.39. The fourth-order valence-electron chi connectivity index (χ4n) is 1.83. The molecule has 0 aliphatic rings. The molecule has 0 spiro atoms. The predicted molar refractivity (Wildman–Crippen MR) is 72.6 cm³/mol. The Kier molecular flexibility index (Phi) is 3.24. The van der Waals surface area contributed by atoms with Crippen LogP contribution in [-0.4, -0.2) is 30.7 Å². The lowest BCUT2D eigenvalue weighted by atomic mass is 10.1. The molecule has 0 aliphatic carbocycles. The van der Waals surface area contributed by atoms with E-state index in [-0.39, 0.29) is 5.75 Å². The molecule has 0 saturated carbocycles. The number of benzene rings is 1. The minimum Gasteiger partial charge on any atom is -0.508 e. The molecular formula is C13H12N6O. The molecule has 7 heteroatoms. The number of aromatic amines is 1. The van der Waals surface area contributed by atoms with Gasteiger partial charge in [0, 0.05) is 24.4 Å². The first-order valence-electron chi connectivity index (χ1n) is 6.03. The number of aromatic nitrogens is 5. The van der Waals surface area contributed by atoms with E-state index >= 15 is 0 Å². The molecule has 2 heterocycles. The predicted octanol–water partition coefficient (Wildman–Crippen LogP) is 1.63. The third-order valence-corrected chi connectivity index (χ3v) is 2.69. The molecule has 0 bridgehead atoms. The highest BCUT2D eigenvalue weighted by atomic mass is 16.3. The normalized spacial score (nSPS) is 10.4. The molecule has 2 aromatic heterocycles. The minimum atomic E-state index is 0.172. The van der Waals surface area contributed by atoms with Crippen molar-refractivity contribution in [2.75, 3.05) is 5.32 Å². The molecule has 20 heavy (non-hydrogen) atoms. The Morgan fingerprint density at radius 3 is 2.95 bits per heavy atom. The fraction of sp³-hybridized carbons (Fsp3) is 0.0769. The quantitative estimate of drug-likeness (QED) is 0.665. The molecular weight excluding hydrogens is 256 g/mol. The number of pyridine rings is 1. The van der Waals surface area contributed by atoms with Crippen molar-refractivity contribution >= 4 is 11.5 Å². The van der Waals surface area contributed by atoms with Crippen molar-refractivity contribution in [3.05, 3.63) is 54.0 Å². The molecule has 0 unspecified atom stereocenters. The second-order valence-electron chi connectivity index (χ2n) is 4.23. The van der Waals surface area contributed by atoms with Crippen LogP contribution in [0.3, 0.4) is 0 Å². The van der Waals surface area contributed by atoms with Gasteiger partial charge in [-0.15, -0.1) is 10.2 Å². The zero-order valence-corrected chi connectivity index (χ0v) is 10.5. The first kappa shape index (κ1) is 12.1. The highest BCUT2D eigenvalue weighted by Crippen LogP contribution is 2.19. The molecule has 3 rings (SSSR count). The Morgan fingerprint density at radius 1 is 1.20 bits per heavy atom. The Labute approximate surface area is 114 Å². The van der Waals surface area contributed by atoms with Crippen molar-refractivity contribution in [3.8, 4) is 5.75 Å². The van der Waals surface area contributed by atoms with Gasteiger partial charge in [0.25, 0.3) is 0 Å². The van der Waals surface area contributed by atoms with Crippen LogP contribution < -0.4 is 5.32 Å². The summed E-state index contributed by atoms with van der Waals surface area (Å²) in [5.41, 5.74) is 1.93. The van der Waals surface area contributed by atoms with E-state index in [2.05, 4.69) is 30.9 Å². The summed E-state index contributed by atoms with van der Waals surface area (Å²) in [4.78, 5) is 4.13. The molecule has 0 aliphatic heterocycles. The summed E-state index contributed by atoms with van der Waals surface area (Å²) in [5, 5.41) is 26.3. The summed E-state index contributed by atoms with van der Waals surface area (Å²) in [7, 11) is 0. The third-order valence-electron chi connectivity index (χ3n) is 2.69. The highest BCUT2D eigenvalue weighted by Gasteiger charge is 2.03. The Morgan fingerprint density at radius 2 is 2.15 bits per heavy atom. The third kappa shape index (κ3) is 2.89. The lowest BCUT2D eigenvalue weighted by Crippen LogP contribution is -1.95. The number of hydrogen-bond donors (Lipinski definition) is 3. The Hall–Kier alpha value is -2.96. The van der Waals surface area contributed by atoms with Gasteiger partial charge in [-0.25, -0.2) is 4.98 Å². The van der Waals surface area contributed by atoms with Crippen LogP contribution in [0.2, 0.25) is 0 Å². The number of tetrazole rings is 1. The van der Waals surface area contributed by atoms with Crippen LogP contribution in [0.4, 0.5) is 11.5 Å². The van der Waals surface area contributed by atoms with E-state index in [4.69, 9.17) is 0 Å². The summed E-state index contributed by atoms with van der Waals surface area (Å²) in [6.45, 7) is 0. The molecule has 0 atom stereocenters. The molecule has 3 aromatic rings. The number of aromatic hydroxyl groups is 1. The fourth-order valence-corrected chi connectivity index (χ4v) is 1.83. The molecule has 7 nitrogen and oxygen atoms in total. The van der Waals surface area contributed by atoms with E-state index < -0.39 is 0 Å². The van der Waals surface area contributed by atoms with Gasteiger partial charge in [0.2, 0.25) is 0 Å². The van der Waals surface area contributed by atoms with Crippen LogP contribution in [0.1, 0.15) is 11.4 Å². The van der Waals surface area contributed by atoms with Crippen LogP contribution >= 0.6 is 0 Å². The van der Waals surface area contributed by atoms with Gasteiger partial charge in [0.15, 0.2) is 5.82 Å². The smallest absolute Gasteiger partial charge is 0.178 e. The van der Waals surface area contributed by atoms with E-state index in [1.54, 1.807) is 12.3 Å². The lowest BCUT2D eigenvalue weighted by molar-refractivity contribution is 0.475. The van der Waals surface area contributed by atoms with Crippen molar-refractivity contribution in [1.82, 2.24) is 25.6 Å². The van der Waals surface area contributed by atoms with E-state index in [1.807, 2.05) is 24.3 Å². The van der Waals surface area contributed by atoms with E-state index in [1.165, 1.54) is 6.07 Å². The molecule has 1 aromatic carbocycles. The Balaban J connectivity index is 1.77. The molecule has 0 radical (unpaired) electrons. The van der Waals surface area contributed by atoms with Gasteiger partial charge in [0.1, 0.15) is 11.6 Å². The largest absolute Gasteiger partial charge is 0.508 e. The van der Waals surface area contributed by atoms with Crippen LogP contribution in [0.25, 0.3) is 0 Å². The van der Waals surface area contributed by atoms with Crippen LogP contribution in [0.5, 0.6) is 5.75 Å².